The Morgan fingerprint density at radius 1 is 0.650 bits per heavy atom. The fourth-order valence-corrected chi connectivity index (χ4v) is 2.03. The van der Waals surface area contributed by atoms with E-state index in [1.54, 1.807) is 0 Å². The van der Waals surface area contributed by atoms with E-state index in [4.69, 9.17) is 23.7 Å². The van der Waals surface area contributed by atoms with Crippen LogP contribution >= 0.6 is 17.2 Å². The van der Waals surface area contributed by atoms with E-state index in [1.165, 1.54) is 38.5 Å². The highest BCUT2D eigenvalue weighted by molar-refractivity contribution is 7.40. The lowest BCUT2D eigenvalue weighted by molar-refractivity contribution is 0.194. The monoisotopic (exact) mass is 332 g/mol. The topological polar surface area (TPSA) is 99.4 Å². The predicted octanol–water partition coefficient (Wildman–Crippen LogP) is 3.59. The Kier molecular flexibility index (Phi) is 22.5. The molecule has 0 heterocycles. The first-order valence-corrected chi connectivity index (χ1v) is 9.49. The first-order chi connectivity index (χ1) is 9.54. The van der Waals surface area contributed by atoms with Crippen LogP contribution in [-0.4, -0.2) is 32.8 Å². The largest absolute Gasteiger partial charge is 0.329 e. The van der Waals surface area contributed by atoms with Crippen molar-refractivity contribution in [3.8, 4) is 0 Å². The van der Waals surface area contributed by atoms with Gasteiger partial charge in [0.25, 0.3) is 0 Å². The molecule has 0 bridgehead atoms. The SMILES string of the molecule is CCCCCCOP(O)OCCCCCC.OP(O)O. The Bertz CT molecular complexity index is 157. The van der Waals surface area contributed by atoms with Gasteiger partial charge in [0.15, 0.2) is 0 Å². The molecule has 0 fully saturated rings. The average molecular weight is 332 g/mol. The molecule has 0 aliphatic rings. The molecule has 0 saturated carbocycles. The molecule has 124 valence electrons. The van der Waals surface area contributed by atoms with Crippen LogP contribution in [0.1, 0.15) is 65.2 Å². The molecule has 8 heteroatoms. The predicted molar refractivity (Wildman–Crippen MR) is 82.9 cm³/mol. The summed E-state index contributed by atoms with van der Waals surface area (Å²) in [7, 11) is -4.24. The van der Waals surface area contributed by atoms with Crippen molar-refractivity contribution >= 4 is 17.2 Å². The second-order valence-electron chi connectivity index (χ2n) is 4.29. The Hall–Kier alpha value is 0.620. The van der Waals surface area contributed by atoms with E-state index < -0.39 is 17.2 Å². The number of hydrogen-bond acceptors (Lipinski definition) is 6. The van der Waals surface area contributed by atoms with Crippen LogP contribution in [0, 0.1) is 0 Å². The first-order valence-electron chi connectivity index (χ1n) is 7.16. The van der Waals surface area contributed by atoms with E-state index in [1.807, 2.05) is 0 Å². The van der Waals surface area contributed by atoms with Crippen molar-refractivity contribution in [3.63, 3.8) is 0 Å². The number of rotatable bonds is 12. The van der Waals surface area contributed by atoms with E-state index in [2.05, 4.69) is 13.8 Å². The minimum Gasteiger partial charge on any atom is -0.328 e. The van der Waals surface area contributed by atoms with E-state index in [9.17, 15) is 4.89 Å². The van der Waals surface area contributed by atoms with Crippen LogP contribution in [0.25, 0.3) is 0 Å². The highest BCUT2D eigenvalue weighted by Crippen LogP contribution is 2.33. The average Bonchev–Trinajstić information content (AvgIpc) is 2.37. The van der Waals surface area contributed by atoms with Gasteiger partial charge in [-0.25, -0.2) is 0 Å². The van der Waals surface area contributed by atoms with Crippen molar-refractivity contribution < 1.29 is 28.6 Å². The molecule has 0 aromatic carbocycles. The summed E-state index contributed by atoms with van der Waals surface area (Å²) in [5, 5.41) is 0. The maximum absolute atomic E-state index is 9.38. The van der Waals surface area contributed by atoms with Crippen molar-refractivity contribution in [1.29, 1.82) is 0 Å². The van der Waals surface area contributed by atoms with Gasteiger partial charge in [0.05, 0.1) is 13.2 Å². The van der Waals surface area contributed by atoms with Crippen LogP contribution < -0.4 is 0 Å². The van der Waals surface area contributed by atoms with E-state index in [0.29, 0.717) is 13.2 Å². The van der Waals surface area contributed by atoms with Crippen LogP contribution in [0.15, 0.2) is 0 Å². The molecule has 20 heavy (non-hydrogen) atoms. The van der Waals surface area contributed by atoms with Crippen molar-refractivity contribution in [3.05, 3.63) is 0 Å². The van der Waals surface area contributed by atoms with Gasteiger partial charge >= 0.3 is 17.2 Å². The summed E-state index contributed by atoms with van der Waals surface area (Å²) >= 11 is 0. The molecule has 4 N–H and O–H groups in total. The maximum Gasteiger partial charge on any atom is 0.329 e. The van der Waals surface area contributed by atoms with Gasteiger partial charge in [-0.15, -0.1) is 0 Å². The Labute approximate surface area is 125 Å². The second-order valence-corrected chi connectivity index (χ2v) is 5.82. The van der Waals surface area contributed by atoms with E-state index in [0.717, 1.165) is 12.8 Å². The second kappa shape index (κ2) is 19.6. The molecular weight excluding hydrogens is 302 g/mol. The summed E-state index contributed by atoms with van der Waals surface area (Å²) in [6, 6.07) is 0. The molecule has 0 aromatic heterocycles. The minimum atomic E-state index is -2.62. The van der Waals surface area contributed by atoms with Crippen molar-refractivity contribution in [2.75, 3.05) is 13.2 Å². The standard InChI is InChI=1S/C12H27O3P.H3O3P/c1-3-5-7-9-11-14-16(13)15-12-10-8-6-4-2;1-4(2)3/h13H,3-12H2,1-2H3;1-3H. The maximum atomic E-state index is 9.38. The third-order valence-corrected chi connectivity index (χ3v) is 3.21. The molecular formula is C12H30O6P2. The van der Waals surface area contributed by atoms with Crippen LogP contribution in [-0.2, 0) is 9.05 Å². The third-order valence-electron chi connectivity index (χ3n) is 2.40. The number of hydrogen-bond donors (Lipinski definition) is 4. The van der Waals surface area contributed by atoms with Crippen LogP contribution in [0.3, 0.4) is 0 Å². The fraction of sp³-hybridized carbons (Fsp3) is 1.00. The van der Waals surface area contributed by atoms with Crippen LogP contribution in [0.5, 0.6) is 0 Å². The molecule has 0 atom stereocenters. The number of unbranched alkanes of at least 4 members (excludes halogenated alkanes) is 6. The lowest BCUT2D eigenvalue weighted by Gasteiger charge is -2.10. The molecule has 0 aliphatic heterocycles. The van der Waals surface area contributed by atoms with Crippen LogP contribution in [0.2, 0.25) is 0 Å². The highest BCUT2D eigenvalue weighted by Gasteiger charge is 2.05. The fourth-order valence-electron chi connectivity index (χ4n) is 1.38. The van der Waals surface area contributed by atoms with Gasteiger partial charge in [-0.2, -0.15) is 0 Å². The minimum absolute atomic E-state index is 0.622. The van der Waals surface area contributed by atoms with Gasteiger partial charge in [0.2, 0.25) is 0 Å². The summed E-state index contributed by atoms with van der Waals surface area (Å²) < 4.78 is 10.4. The van der Waals surface area contributed by atoms with E-state index >= 15 is 0 Å². The Morgan fingerprint density at radius 3 is 1.30 bits per heavy atom. The normalized spacial score (nSPS) is 10.8. The van der Waals surface area contributed by atoms with Gasteiger partial charge in [0, 0.05) is 0 Å². The summed E-state index contributed by atoms with van der Waals surface area (Å²) in [6.07, 6.45) is 9.32. The van der Waals surface area contributed by atoms with Crippen molar-refractivity contribution in [2.24, 2.45) is 0 Å². The molecule has 0 spiro atoms. The Morgan fingerprint density at radius 2 is 1.00 bits per heavy atom. The van der Waals surface area contributed by atoms with Gasteiger partial charge in [-0.05, 0) is 12.8 Å². The molecule has 0 radical (unpaired) electrons. The smallest absolute Gasteiger partial charge is 0.328 e. The quantitative estimate of drug-likeness (QED) is 0.322. The molecule has 0 rings (SSSR count). The summed E-state index contributed by atoms with van der Waals surface area (Å²) in [4.78, 5) is 31.1. The third kappa shape index (κ3) is 27.0. The Balaban J connectivity index is 0. The van der Waals surface area contributed by atoms with Gasteiger partial charge in [0.1, 0.15) is 0 Å². The summed E-state index contributed by atoms with van der Waals surface area (Å²) in [6.45, 7) is 5.60. The molecule has 0 saturated heterocycles. The van der Waals surface area contributed by atoms with Gasteiger partial charge in [-0.3, -0.25) is 0 Å². The lowest BCUT2D eigenvalue weighted by Crippen LogP contribution is -1.95. The highest BCUT2D eigenvalue weighted by atomic mass is 31.2. The molecule has 0 amide bonds. The molecule has 6 nitrogen and oxygen atoms in total. The first kappa shape index (κ1) is 22.9. The lowest BCUT2D eigenvalue weighted by atomic mass is 10.2. The summed E-state index contributed by atoms with van der Waals surface area (Å²) in [5.74, 6) is 0. The van der Waals surface area contributed by atoms with Gasteiger partial charge < -0.3 is 28.6 Å². The molecule has 0 aliphatic carbocycles. The van der Waals surface area contributed by atoms with Gasteiger partial charge in [-0.1, -0.05) is 52.4 Å². The zero-order chi connectivity index (χ0) is 15.6. The van der Waals surface area contributed by atoms with Crippen molar-refractivity contribution in [2.45, 2.75) is 65.2 Å². The zero-order valence-electron chi connectivity index (χ0n) is 12.6. The zero-order valence-corrected chi connectivity index (χ0v) is 14.4. The summed E-state index contributed by atoms with van der Waals surface area (Å²) in [5.41, 5.74) is 0. The van der Waals surface area contributed by atoms with E-state index in [-0.39, 0.29) is 0 Å². The van der Waals surface area contributed by atoms with Crippen molar-refractivity contribution in [1.82, 2.24) is 0 Å². The van der Waals surface area contributed by atoms with Crippen LogP contribution in [0.4, 0.5) is 0 Å². The molecule has 0 aromatic rings. The molecule has 0 unspecified atom stereocenters.